The summed E-state index contributed by atoms with van der Waals surface area (Å²) in [5.74, 6) is -0.308. The van der Waals surface area contributed by atoms with E-state index < -0.39 is 21.9 Å². The molecule has 1 amide bonds. The summed E-state index contributed by atoms with van der Waals surface area (Å²) in [6.45, 7) is 3.34. The zero-order valence-corrected chi connectivity index (χ0v) is 17.5. The fourth-order valence-corrected chi connectivity index (χ4v) is 4.72. The molecular formula is C19H22ClFN4O3S. The predicted molar refractivity (Wildman–Crippen MR) is 109 cm³/mol. The molecule has 0 aliphatic carbocycles. The number of rotatable bonds is 5. The average Bonchev–Trinajstić information content (AvgIpc) is 2.96. The molecule has 1 saturated heterocycles. The summed E-state index contributed by atoms with van der Waals surface area (Å²) in [5.41, 5.74) is 0. The van der Waals surface area contributed by atoms with Crippen LogP contribution in [0.3, 0.4) is 0 Å². The molecule has 1 aliphatic rings. The van der Waals surface area contributed by atoms with Crippen LogP contribution in [0.25, 0.3) is 0 Å². The Morgan fingerprint density at radius 2 is 1.86 bits per heavy atom. The molecule has 0 saturated carbocycles. The van der Waals surface area contributed by atoms with Crippen LogP contribution in [0.4, 0.5) is 10.2 Å². The number of halogens is 2. The van der Waals surface area contributed by atoms with Gasteiger partial charge < -0.3 is 5.32 Å². The maximum Gasteiger partial charge on any atom is 0.243 e. The maximum absolute atomic E-state index is 13.1. The number of hydrogen-bond acceptors (Lipinski definition) is 5. The van der Waals surface area contributed by atoms with Crippen molar-refractivity contribution in [3.05, 3.63) is 53.4 Å². The Morgan fingerprint density at radius 1 is 1.14 bits per heavy atom. The van der Waals surface area contributed by atoms with Crippen LogP contribution in [0.2, 0.25) is 5.02 Å². The molecule has 10 heteroatoms. The van der Waals surface area contributed by atoms with E-state index in [9.17, 15) is 17.6 Å². The van der Waals surface area contributed by atoms with Gasteiger partial charge in [0.15, 0.2) is 0 Å². The van der Waals surface area contributed by atoms with E-state index in [1.54, 1.807) is 19.1 Å². The molecule has 1 aliphatic heterocycles. The Balaban J connectivity index is 1.63. The van der Waals surface area contributed by atoms with E-state index in [1.165, 1.54) is 22.6 Å². The number of nitrogens with zero attached hydrogens (tertiary/aromatic N) is 3. The minimum atomic E-state index is -3.71. The van der Waals surface area contributed by atoms with Gasteiger partial charge in [0.2, 0.25) is 15.9 Å². The van der Waals surface area contributed by atoms with Crippen LogP contribution in [-0.2, 0) is 14.8 Å². The molecular weight excluding hydrogens is 419 g/mol. The molecule has 0 unspecified atom stereocenters. The first-order valence-electron chi connectivity index (χ1n) is 9.19. The van der Waals surface area contributed by atoms with Crippen molar-refractivity contribution in [2.45, 2.75) is 24.3 Å². The van der Waals surface area contributed by atoms with Crippen molar-refractivity contribution in [1.29, 1.82) is 0 Å². The lowest BCUT2D eigenvalue weighted by atomic mass is 10.2. The summed E-state index contributed by atoms with van der Waals surface area (Å²) in [4.78, 5) is 18.6. The van der Waals surface area contributed by atoms with Crippen LogP contribution < -0.4 is 5.32 Å². The normalized spacial score (nSPS) is 17.5. The Kier molecular flexibility index (Phi) is 6.84. The van der Waals surface area contributed by atoms with Crippen molar-refractivity contribution in [2.24, 2.45) is 0 Å². The summed E-state index contributed by atoms with van der Waals surface area (Å²) in [5, 5.41) is 3.22. The van der Waals surface area contributed by atoms with Gasteiger partial charge in [-0.15, -0.1) is 0 Å². The first-order valence-corrected chi connectivity index (χ1v) is 11.0. The molecule has 0 spiro atoms. The van der Waals surface area contributed by atoms with Crippen LogP contribution in [0, 0.1) is 5.82 Å². The van der Waals surface area contributed by atoms with Crippen molar-refractivity contribution in [3.63, 3.8) is 0 Å². The quantitative estimate of drug-likeness (QED) is 0.772. The van der Waals surface area contributed by atoms with Gasteiger partial charge in [-0.3, -0.25) is 9.69 Å². The fourth-order valence-electron chi connectivity index (χ4n) is 3.14. The van der Waals surface area contributed by atoms with E-state index >= 15 is 0 Å². The molecule has 1 atom stereocenters. The molecule has 1 aromatic heterocycles. The molecule has 3 rings (SSSR count). The monoisotopic (exact) mass is 440 g/mol. The highest BCUT2D eigenvalue weighted by Gasteiger charge is 2.30. The Morgan fingerprint density at radius 3 is 2.52 bits per heavy atom. The maximum atomic E-state index is 13.1. The lowest BCUT2D eigenvalue weighted by molar-refractivity contribution is -0.120. The Hall–Kier alpha value is -2.07. The third-order valence-corrected chi connectivity index (χ3v) is 6.98. The van der Waals surface area contributed by atoms with E-state index in [1.807, 2.05) is 4.90 Å². The summed E-state index contributed by atoms with van der Waals surface area (Å²) >= 11 is 5.80. The largest absolute Gasteiger partial charge is 0.309 e. The predicted octanol–water partition coefficient (Wildman–Crippen LogP) is 2.60. The molecule has 1 fully saturated rings. The molecule has 0 bridgehead atoms. The second-order valence-corrected chi connectivity index (χ2v) is 9.15. The number of pyridine rings is 1. The van der Waals surface area contributed by atoms with Gasteiger partial charge in [-0.1, -0.05) is 11.6 Å². The molecule has 2 aromatic rings. The van der Waals surface area contributed by atoms with Gasteiger partial charge in [-0.05, 0) is 49.7 Å². The molecule has 0 radical (unpaired) electrons. The lowest BCUT2D eigenvalue weighted by Crippen LogP contribution is -2.44. The summed E-state index contributed by atoms with van der Waals surface area (Å²) in [7, 11) is -3.71. The molecule has 7 nitrogen and oxygen atoms in total. The third-order valence-electron chi connectivity index (χ3n) is 4.85. The summed E-state index contributed by atoms with van der Waals surface area (Å²) in [6, 6.07) is 7.60. The van der Waals surface area contributed by atoms with Crippen LogP contribution in [-0.4, -0.2) is 60.7 Å². The minimum absolute atomic E-state index is 0.0620. The molecule has 2 heterocycles. The number of benzene rings is 1. The zero-order valence-electron chi connectivity index (χ0n) is 15.9. The van der Waals surface area contributed by atoms with Gasteiger partial charge in [0.1, 0.15) is 11.6 Å². The number of nitrogens with one attached hydrogen (secondary N) is 1. The first-order chi connectivity index (χ1) is 13.8. The van der Waals surface area contributed by atoms with E-state index in [4.69, 9.17) is 11.6 Å². The number of amides is 1. The number of aromatic nitrogens is 1. The van der Waals surface area contributed by atoms with Gasteiger partial charge in [0.25, 0.3) is 0 Å². The van der Waals surface area contributed by atoms with Gasteiger partial charge in [0, 0.05) is 32.4 Å². The Bertz CT molecular complexity index is 954. The number of carbonyl (C=O) groups is 1. The van der Waals surface area contributed by atoms with E-state index in [-0.39, 0.29) is 17.3 Å². The van der Waals surface area contributed by atoms with Gasteiger partial charge in [-0.2, -0.15) is 4.31 Å². The van der Waals surface area contributed by atoms with Crippen LogP contribution in [0.5, 0.6) is 0 Å². The number of sulfonamides is 1. The number of anilines is 1. The van der Waals surface area contributed by atoms with Crippen molar-refractivity contribution < 1.29 is 17.6 Å². The van der Waals surface area contributed by atoms with Gasteiger partial charge in [0.05, 0.1) is 16.0 Å². The van der Waals surface area contributed by atoms with Crippen molar-refractivity contribution in [2.75, 3.05) is 31.5 Å². The highest BCUT2D eigenvalue weighted by atomic mass is 35.5. The SMILES string of the molecule is C[C@H](C(=O)Nc1ccc(Cl)cn1)N1CCCN(S(=O)(=O)c2ccc(F)cc2)CC1. The van der Waals surface area contributed by atoms with Crippen molar-refractivity contribution in [3.8, 4) is 0 Å². The van der Waals surface area contributed by atoms with Crippen LogP contribution in [0.15, 0.2) is 47.5 Å². The third kappa shape index (κ3) is 5.30. The summed E-state index contributed by atoms with van der Waals surface area (Å²) in [6.07, 6.45) is 2.03. The first kappa shape index (κ1) is 21.6. The number of carbonyl (C=O) groups excluding carboxylic acids is 1. The smallest absolute Gasteiger partial charge is 0.243 e. The number of hydrogen-bond donors (Lipinski definition) is 1. The topological polar surface area (TPSA) is 82.6 Å². The van der Waals surface area contributed by atoms with Gasteiger partial charge >= 0.3 is 0 Å². The molecule has 1 aromatic carbocycles. The van der Waals surface area contributed by atoms with Gasteiger partial charge in [-0.25, -0.2) is 17.8 Å². The highest BCUT2D eigenvalue weighted by Crippen LogP contribution is 2.19. The van der Waals surface area contributed by atoms with Crippen LogP contribution in [0.1, 0.15) is 13.3 Å². The minimum Gasteiger partial charge on any atom is -0.309 e. The van der Waals surface area contributed by atoms with Crippen molar-refractivity contribution in [1.82, 2.24) is 14.2 Å². The fraction of sp³-hybridized carbons (Fsp3) is 0.368. The van der Waals surface area contributed by atoms with E-state index in [2.05, 4.69) is 10.3 Å². The second-order valence-electron chi connectivity index (χ2n) is 6.77. The highest BCUT2D eigenvalue weighted by molar-refractivity contribution is 7.89. The van der Waals surface area contributed by atoms with E-state index in [0.29, 0.717) is 36.9 Å². The second kappa shape index (κ2) is 9.17. The van der Waals surface area contributed by atoms with Crippen LogP contribution >= 0.6 is 11.6 Å². The molecule has 29 heavy (non-hydrogen) atoms. The lowest BCUT2D eigenvalue weighted by Gasteiger charge is -2.26. The molecule has 156 valence electrons. The van der Waals surface area contributed by atoms with E-state index in [0.717, 1.165) is 12.1 Å². The zero-order chi connectivity index (χ0) is 21.0. The Labute approximate surface area is 174 Å². The standard InChI is InChI=1S/C19H22ClFN4O3S/c1-14(19(26)23-18-8-3-15(20)13-22-18)24-9-2-10-25(12-11-24)29(27,28)17-6-4-16(21)5-7-17/h3-8,13-14H,2,9-12H2,1H3,(H,22,23,26)/t14-/m1/s1. The average molecular weight is 441 g/mol. The summed E-state index contributed by atoms with van der Waals surface area (Å²) < 4.78 is 40.1. The van der Waals surface area contributed by atoms with Crippen molar-refractivity contribution >= 4 is 33.3 Å². The molecule has 1 N–H and O–H groups in total.